The summed E-state index contributed by atoms with van der Waals surface area (Å²) in [5, 5.41) is 5.39. The topological polar surface area (TPSA) is 63.7 Å². The molecule has 3 rings (SSSR count). The van der Waals surface area contributed by atoms with E-state index in [2.05, 4.69) is 51.6 Å². The van der Waals surface area contributed by atoms with Crippen molar-refractivity contribution in [3.63, 3.8) is 0 Å². The molecule has 0 saturated carbocycles. The number of thiazole rings is 1. The van der Waals surface area contributed by atoms with Crippen molar-refractivity contribution >= 4 is 45.0 Å². The maximum absolute atomic E-state index is 12.0. The van der Waals surface area contributed by atoms with E-state index in [9.17, 15) is 4.79 Å². The zero-order valence-corrected chi connectivity index (χ0v) is 17.7. The molecule has 8 heteroatoms. The summed E-state index contributed by atoms with van der Waals surface area (Å²) >= 11 is 3.66. The van der Waals surface area contributed by atoms with E-state index in [4.69, 9.17) is 9.47 Å². The molecule has 2 atom stereocenters. The molecule has 0 spiro atoms. The third kappa shape index (κ3) is 5.90. The van der Waals surface area contributed by atoms with Crippen LogP contribution in [-0.2, 0) is 16.1 Å². The fourth-order valence-electron chi connectivity index (χ4n) is 2.91. The van der Waals surface area contributed by atoms with Gasteiger partial charge in [0.2, 0.25) is 0 Å². The van der Waals surface area contributed by atoms with Crippen molar-refractivity contribution in [3.05, 3.63) is 38.9 Å². The SMILES string of the molecule is CC1CN(Cc2csc(NC(=O)COc3ccc(I)cc3)n2)CC(C)O1. The first kappa shape index (κ1) is 19.5. The summed E-state index contributed by atoms with van der Waals surface area (Å²) < 4.78 is 12.4. The van der Waals surface area contributed by atoms with Gasteiger partial charge in [0.15, 0.2) is 11.7 Å². The van der Waals surface area contributed by atoms with Gasteiger partial charge in [0.05, 0.1) is 17.9 Å². The Kier molecular flexibility index (Phi) is 6.85. The molecule has 1 amide bonds. The van der Waals surface area contributed by atoms with Gasteiger partial charge in [-0.05, 0) is 60.7 Å². The number of rotatable bonds is 6. The molecule has 0 aliphatic carbocycles. The van der Waals surface area contributed by atoms with Crippen LogP contribution < -0.4 is 10.1 Å². The highest BCUT2D eigenvalue weighted by Crippen LogP contribution is 2.19. The Morgan fingerprint density at radius 2 is 2.04 bits per heavy atom. The lowest BCUT2D eigenvalue weighted by Gasteiger charge is -2.34. The van der Waals surface area contributed by atoms with Crippen LogP contribution in [-0.4, -0.2) is 47.7 Å². The van der Waals surface area contributed by atoms with Gasteiger partial charge < -0.3 is 9.47 Å². The van der Waals surface area contributed by atoms with Gasteiger partial charge in [-0.25, -0.2) is 4.98 Å². The number of hydrogen-bond acceptors (Lipinski definition) is 6. The molecule has 140 valence electrons. The molecule has 1 fully saturated rings. The number of hydrogen-bond donors (Lipinski definition) is 1. The number of amides is 1. The lowest BCUT2D eigenvalue weighted by Crippen LogP contribution is -2.44. The number of anilines is 1. The molecule has 1 aromatic carbocycles. The largest absolute Gasteiger partial charge is 0.484 e. The fraction of sp³-hybridized carbons (Fsp3) is 0.444. The second kappa shape index (κ2) is 9.12. The monoisotopic (exact) mass is 487 g/mol. The molecular weight excluding hydrogens is 465 g/mol. The van der Waals surface area contributed by atoms with E-state index in [-0.39, 0.29) is 24.7 Å². The number of benzene rings is 1. The molecule has 2 heterocycles. The lowest BCUT2D eigenvalue weighted by molar-refractivity contribution is -0.118. The summed E-state index contributed by atoms with van der Waals surface area (Å²) in [7, 11) is 0. The first-order valence-electron chi connectivity index (χ1n) is 8.48. The van der Waals surface area contributed by atoms with Gasteiger partial charge in [0.25, 0.3) is 5.91 Å². The lowest BCUT2D eigenvalue weighted by atomic mass is 10.2. The number of carbonyl (C=O) groups is 1. The van der Waals surface area contributed by atoms with Crippen LogP contribution in [0.4, 0.5) is 5.13 Å². The van der Waals surface area contributed by atoms with Crippen molar-refractivity contribution in [2.75, 3.05) is 25.0 Å². The van der Waals surface area contributed by atoms with Crippen LogP contribution in [0, 0.1) is 3.57 Å². The van der Waals surface area contributed by atoms with Crippen LogP contribution in [0.5, 0.6) is 5.75 Å². The summed E-state index contributed by atoms with van der Waals surface area (Å²) in [4.78, 5) is 18.9. The highest BCUT2D eigenvalue weighted by molar-refractivity contribution is 14.1. The summed E-state index contributed by atoms with van der Waals surface area (Å²) in [6.07, 6.45) is 0.463. The number of ether oxygens (including phenoxy) is 2. The quantitative estimate of drug-likeness (QED) is 0.634. The van der Waals surface area contributed by atoms with Gasteiger partial charge in [-0.3, -0.25) is 15.0 Å². The van der Waals surface area contributed by atoms with Crippen molar-refractivity contribution in [2.45, 2.75) is 32.6 Å². The summed E-state index contributed by atoms with van der Waals surface area (Å²) in [6.45, 7) is 6.70. The Hall–Kier alpha value is -1.23. The molecule has 1 aliphatic heterocycles. The third-order valence-corrected chi connectivity index (χ3v) is 5.39. The standard InChI is InChI=1S/C18H22IN3O3S/c1-12-7-22(8-13(2)25-12)9-15-11-26-18(20-15)21-17(23)10-24-16-5-3-14(19)4-6-16/h3-6,11-13H,7-10H2,1-2H3,(H,20,21,23). The van der Waals surface area contributed by atoms with Crippen molar-refractivity contribution < 1.29 is 14.3 Å². The highest BCUT2D eigenvalue weighted by Gasteiger charge is 2.22. The van der Waals surface area contributed by atoms with Gasteiger partial charge in [0.1, 0.15) is 5.75 Å². The predicted octanol–water partition coefficient (Wildman–Crippen LogP) is 3.37. The summed E-state index contributed by atoms with van der Waals surface area (Å²) in [5.41, 5.74) is 0.963. The van der Waals surface area contributed by atoms with Crippen molar-refractivity contribution in [1.82, 2.24) is 9.88 Å². The van der Waals surface area contributed by atoms with E-state index in [1.807, 2.05) is 29.6 Å². The van der Waals surface area contributed by atoms with E-state index >= 15 is 0 Å². The summed E-state index contributed by atoms with van der Waals surface area (Å²) in [6, 6.07) is 7.57. The average Bonchev–Trinajstić information content (AvgIpc) is 3.00. The van der Waals surface area contributed by atoms with E-state index in [0.717, 1.165) is 28.9 Å². The smallest absolute Gasteiger partial charge is 0.264 e. The van der Waals surface area contributed by atoms with Crippen molar-refractivity contribution in [2.24, 2.45) is 0 Å². The molecule has 1 aliphatic rings. The Morgan fingerprint density at radius 3 is 2.73 bits per heavy atom. The zero-order valence-electron chi connectivity index (χ0n) is 14.8. The third-order valence-electron chi connectivity index (χ3n) is 3.86. The Balaban J connectivity index is 1.46. The van der Waals surface area contributed by atoms with Crippen molar-refractivity contribution in [1.29, 1.82) is 0 Å². The van der Waals surface area contributed by atoms with Gasteiger partial charge in [-0.2, -0.15) is 0 Å². The number of carbonyl (C=O) groups excluding carboxylic acids is 1. The van der Waals surface area contributed by atoms with Gasteiger partial charge in [-0.1, -0.05) is 0 Å². The number of nitrogens with one attached hydrogen (secondary N) is 1. The second-order valence-electron chi connectivity index (χ2n) is 6.39. The number of aromatic nitrogens is 1. The predicted molar refractivity (Wildman–Crippen MR) is 111 cm³/mol. The Bertz CT molecular complexity index is 728. The molecule has 1 aromatic heterocycles. The van der Waals surface area contributed by atoms with Gasteiger partial charge in [0, 0.05) is 28.6 Å². The minimum atomic E-state index is -0.210. The molecule has 0 radical (unpaired) electrons. The molecule has 2 unspecified atom stereocenters. The van der Waals surface area contributed by atoms with Crippen LogP contribution in [0.1, 0.15) is 19.5 Å². The van der Waals surface area contributed by atoms with Crippen LogP contribution in [0.2, 0.25) is 0 Å². The average molecular weight is 487 g/mol. The highest BCUT2D eigenvalue weighted by atomic mass is 127. The second-order valence-corrected chi connectivity index (χ2v) is 8.49. The molecule has 0 bridgehead atoms. The normalized spacial score (nSPS) is 20.7. The van der Waals surface area contributed by atoms with Crippen LogP contribution in [0.15, 0.2) is 29.6 Å². The van der Waals surface area contributed by atoms with Crippen LogP contribution in [0.3, 0.4) is 0 Å². The van der Waals surface area contributed by atoms with E-state index in [1.54, 1.807) is 0 Å². The van der Waals surface area contributed by atoms with E-state index < -0.39 is 0 Å². The van der Waals surface area contributed by atoms with Gasteiger partial charge >= 0.3 is 0 Å². The zero-order chi connectivity index (χ0) is 18.5. The number of halogens is 1. The van der Waals surface area contributed by atoms with E-state index in [0.29, 0.717) is 10.9 Å². The molecule has 26 heavy (non-hydrogen) atoms. The molecular formula is C18H22IN3O3S. The molecule has 1 N–H and O–H groups in total. The minimum absolute atomic E-state index is 0.0337. The van der Waals surface area contributed by atoms with Gasteiger partial charge in [-0.15, -0.1) is 11.3 Å². The molecule has 6 nitrogen and oxygen atoms in total. The first-order valence-corrected chi connectivity index (χ1v) is 10.4. The Labute approximate surface area is 171 Å². The molecule has 1 saturated heterocycles. The number of nitrogens with zero attached hydrogens (tertiary/aromatic N) is 2. The van der Waals surface area contributed by atoms with E-state index in [1.165, 1.54) is 11.3 Å². The first-order chi connectivity index (χ1) is 12.5. The maximum Gasteiger partial charge on any atom is 0.264 e. The van der Waals surface area contributed by atoms with Crippen molar-refractivity contribution in [3.8, 4) is 5.75 Å². The molecule has 2 aromatic rings. The van der Waals surface area contributed by atoms with Crippen LogP contribution in [0.25, 0.3) is 0 Å². The summed E-state index contributed by atoms with van der Waals surface area (Å²) in [5.74, 6) is 0.467. The Morgan fingerprint density at radius 1 is 1.35 bits per heavy atom. The van der Waals surface area contributed by atoms with Crippen LogP contribution >= 0.6 is 33.9 Å². The fourth-order valence-corrected chi connectivity index (χ4v) is 3.99. The number of morpholine rings is 1. The maximum atomic E-state index is 12.0. The minimum Gasteiger partial charge on any atom is -0.484 e.